The summed E-state index contributed by atoms with van der Waals surface area (Å²) < 4.78 is 37.3. The number of amides is 3. The summed E-state index contributed by atoms with van der Waals surface area (Å²) in [5.41, 5.74) is 1.01. The molecular weight excluding hydrogens is 349 g/mol. The predicted octanol–water partition coefficient (Wildman–Crippen LogP) is 1.97. The summed E-state index contributed by atoms with van der Waals surface area (Å²) in [5, 5.41) is 5.54. The van der Waals surface area contributed by atoms with E-state index in [1.54, 1.807) is 29.2 Å². The molecule has 2 saturated heterocycles. The molecule has 9 heteroatoms. The lowest BCUT2D eigenvalue weighted by Gasteiger charge is -2.27. The Morgan fingerprint density at radius 2 is 2.12 bits per heavy atom. The third-order valence-electron chi connectivity index (χ3n) is 4.51. The average Bonchev–Trinajstić information content (AvgIpc) is 3.00. The maximum atomic E-state index is 12.4. The van der Waals surface area contributed by atoms with E-state index < -0.39 is 12.7 Å². The van der Waals surface area contributed by atoms with Crippen molar-refractivity contribution in [2.45, 2.75) is 25.1 Å². The number of alkyl halides is 3. The summed E-state index contributed by atoms with van der Waals surface area (Å²) >= 11 is 0. The van der Waals surface area contributed by atoms with Gasteiger partial charge in [0, 0.05) is 43.5 Å². The Balaban J connectivity index is 1.60. The second kappa shape index (κ2) is 7.53. The Morgan fingerprint density at radius 1 is 1.31 bits per heavy atom. The van der Waals surface area contributed by atoms with Crippen molar-refractivity contribution in [3.05, 3.63) is 29.8 Å². The van der Waals surface area contributed by atoms with Crippen molar-refractivity contribution in [1.82, 2.24) is 15.5 Å². The Labute approximate surface area is 149 Å². The first kappa shape index (κ1) is 18.5. The number of carbonyl (C=O) groups excluding carboxylic acids is 2. The smallest absolute Gasteiger partial charge is 0.348 e. The molecule has 2 fully saturated rings. The van der Waals surface area contributed by atoms with E-state index in [1.165, 1.54) is 4.90 Å². The molecule has 1 unspecified atom stereocenters. The summed E-state index contributed by atoms with van der Waals surface area (Å²) in [7, 11) is 0. The van der Waals surface area contributed by atoms with E-state index >= 15 is 0 Å². The molecule has 1 atom stereocenters. The van der Waals surface area contributed by atoms with Gasteiger partial charge in [0.15, 0.2) is 0 Å². The van der Waals surface area contributed by atoms with Gasteiger partial charge in [-0.1, -0.05) is 6.07 Å². The molecule has 0 radical (unpaired) electrons. The number of anilines is 1. The van der Waals surface area contributed by atoms with Crippen LogP contribution >= 0.6 is 0 Å². The Kier molecular flexibility index (Phi) is 5.36. The van der Waals surface area contributed by atoms with Gasteiger partial charge in [-0.2, -0.15) is 13.2 Å². The summed E-state index contributed by atoms with van der Waals surface area (Å²) in [6.45, 7) is 0.731. The van der Waals surface area contributed by atoms with Gasteiger partial charge < -0.3 is 10.6 Å². The largest absolute Gasteiger partial charge is 0.401 e. The number of nitrogens with one attached hydrogen (secondary N) is 2. The van der Waals surface area contributed by atoms with E-state index in [1.807, 2.05) is 0 Å². The van der Waals surface area contributed by atoms with Crippen LogP contribution in [-0.2, 0) is 0 Å². The maximum Gasteiger partial charge on any atom is 0.401 e. The first-order chi connectivity index (χ1) is 12.3. The van der Waals surface area contributed by atoms with Crippen LogP contribution in [0.4, 0.5) is 23.7 Å². The number of carbonyl (C=O) groups is 2. The summed E-state index contributed by atoms with van der Waals surface area (Å²) in [6, 6.07) is 6.18. The summed E-state index contributed by atoms with van der Waals surface area (Å²) in [5.74, 6) is -0.344. The quantitative estimate of drug-likeness (QED) is 0.852. The van der Waals surface area contributed by atoms with Crippen LogP contribution in [0.1, 0.15) is 23.2 Å². The van der Waals surface area contributed by atoms with Crippen LogP contribution in [-0.4, -0.2) is 61.8 Å². The number of halogens is 3. The molecule has 1 aromatic rings. The zero-order chi connectivity index (χ0) is 18.7. The van der Waals surface area contributed by atoms with Crippen molar-refractivity contribution in [3.63, 3.8) is 0 Å². The van der Waals surface area contributed by atoms with Crippen LogP contribution in [0, 0.1) is 0 Å². The van der Waals surface area contributed by atoms with Gasteiger partial charge in [-0.3, -0.25) is 14.6 Å². The molecule has 2 N–H and O–H groups in total. The van der Waals surface area contributed by atoms with E-state index in [4.69, 9.17) is 0 Å². The Bertz CT molecular complexity index is 680. The fourth-order valence-electron chi connectivity index (χ4n) is 3.31. The van der Waals surface area contributed by atoms with Gasteiger partial charge in [0.1, 0.15) is 0 Å². The zero-order valence-corrected chi connectivity index (χ0v) is 14.2. The standard InChI is InChI=1S/C17H21F3N4O2/c18-17(19,20)11-23-8-5-13(10-23)22-15(25)12-3-1-4-14(9-12)24-7-2-6-21-16(24)26/h1,3-4,9,13H,2,5-8,10-11H2,(H,21,26)(H,22,25). The minimum Gasteiger partial charge on any atom is -0.348 e. The molecule has 142 valence electrons. The van der Waals surface area contributed by atoms with Crippen LogP contribution in [0.15, 0.2) is 24.3 Å². The molecule has 2 aliphatic rings. The highest BCUT2D eigenvalue weighted by Gasteiger charge is 2.34. The van der Waals surface area contributed by atoms with Gasteiger partial charge in [0.2, 0.25) is 0 Å². The van der Waals surface area contributed by atoms with Gasteiger partial charge in [0.25, 0.3) is 5.91 Å². The number of likely N-dealkylation sites (tertiary alicyclic amines) is 1. The monoisotopic (exact) mass is 370 g/mol. The number of hydrogen-bond acceptors (Lipinski definition) is 3. The fourth-order valence-corrected chi connectivity index (χ4v) is 3.31. The minimum absolute atomic E-state index is 0.180. The fraction of sp³-hybridized carbons (Fsp3) is 0.529. The van der Waals surface area contributed by atoms with Crippen LogP contribution in [0.25, 0.3) is 0 Å². The predicted molar refractivity (Wildman–Crippen MR) is 90.2 cm³/mol. The number of urea groups is 1. The van der Waals surface area contributed by atoms with Gasteiger partial charge >= 0.3 is 12.2 Å². The van der Waals surface area contributed by atoms with Crippen molar-refractivity contribution >= 4 is 17.6 Å². The third kappa shape index (κ3) is 4.66. The second-order valence-corrected chi connectivity index (χ2v) is 6.60. The first-order valence-corrected chi connectivity index (χ1v) is 8.57. The van der Waals surface area contributed by atoms with Gasteiger partial charge in [-0.05, 0) is 31.0 Å². The second-order valence-electron chi connectivity index (χ2n) is 6.60. The maximum absolute atomic E-state index is 12.4. The van der Waals surface area contributed by atoms with Crippen molar-refractivity contribution < 1.29 is 22.8 Å². The lowest BCUT2D eigenvalue weighted by atomic mass is 10.1. The SMILES string of the molecule is O=C(NC1CCN(CC(F)(F)F)C1)c1cccc(N2CCCNC2=O)c1. The number of benzene rings is 1. The highest BCUT2D eigenvalue weighted by Crippen LogP contribution is 2.21. The summed E-state index contributed by atoms with van der Waals surface area (Å²) in [6.07, 6.45) is -2.93. The molecule has 0 spiro atoms. The third-order valence-corrected chi connectivity index (χ3v) is 4.51. The molecule has 3 rings (SSSR count). The van der Waals surface area contributed by atoms with Crippen molar-refractivity contribution in [2.75, 3.05) is 37.6 Å². The molecule has 2 aliphatic heterocycles. The number of hydrogen-bond donors (Lipinski definition) is 2. The Hall–Kier alpha value is -2.29. The molecule has 2 heterocycles. The lowest BCUT2D eigenvalue weighted by molar-refractivity contribution is -0.143. The molecule has 6 nitrogen and oxygen atoms in total. The highest BCUT2D eigenvalue weighted by atomic mass is 19.4. The molecule has 1 aromatic carbocycles. The van der Waals surface area contributed by atoms with E-state index in [0.29, 0.717) is 37.3 Å². The summed E-state index contributed by atoms with van der Waals surface area (Å²) in [4.78, 5) is 27.2. The van der Waals surface area contributed by atoms with E-state index in [9.17, 15) is 22.8 Å². The highest BCUT2D eigenvalue weighted by molar-refractivity contribution is 5.98. The van der Waals surface area contributed by atoms with E-state index in [-0.39, 0.29) is 24.5 Å². The van der Waals surface area contributed by atoms with Crippen LogP contribution < -0.4 is 15.5 Å². The first-order valence-electron chi connectivity index (χ1n) is 8.57. The topological polar surface area (TPSA) is 64.7 Å². The van der Waals surface area contributed by atoms with E-state index in [0.717, 1.165) is 6.42 Å². The molecule has 0 saturated carbocycles. The molecule has 0 bridgehead atoms. The van der Waals surface area contributed by atoms with Crippen molar-refractivity contribution in [2.24, 2.45) is 0 Å². The van der Waals surface area contributed by atoms with Crippen molar-refractivity contribution in [1.29, 1.82) is 0 Å². The normalized spacial score (nSPS) is 21.6. The average molecular weight is 370 g/mol. The van der Waals surface area contributed by atoms with Crippen LogP contribution in [0.3, 0.4) is 0 Å². The lowest BCUT2D eigenvalue weighted by Crippen LogP contribution is -2.46. The Morgan fingerprint density at radius 3 is 2.85 bits per heavy atom. The molecule has 3 amide bonds. The van der Waals surface area contributed by atoms with Crippen LogP contribution in [0.5, 0.6) is 0 Å². The molecule has 0 aromatic heterocycles. The van der Waals surface area contributed by atoms with Gasteiger partial charge in [-0.15, -0.1) is 0 Å². The molecule has 0 aliphatic carbocycles. The zero-order valence-electron chi connectivity index (χ0n) is 14.2. The van der Waals surface area contributed by atoms with Crippen LogP contribution in [0.2, 0.25) is 0 Å². The minimum atomic E-state index is -4.23. The molecule has 26 heavy (non-hydrogen) atoms. The number of rotatable bonds is 4. The van der Waals surface area contributed by atoms with Crippen molar-refractivity contribution in [3.8, 4) is 0 Å². The van der Waals surface area contributed by atoms with E-state index in [2.05, 4.69) is 10.6 Å². The molecular formula is C17H21F3N4O2. The number of nitrogens with zero attached hydrogens (tertiary/aromatic N) is 2. The van der Waals surface area contributed by atoms with Gasteiger partial charge in [0.05, 0.1) is 6.54 Å². The van der Waals surface area contributed by atoms with Gasteiger partial charge in [-0.25, -0.2) is 4.79 Å².